The van der Waals surface area contributed by atoms with E-state index in [-0.39, 0.29) is 29.7 Å². The second kappa shape index (κ2) is 9.47. The van der Waals surface area contributed by atoms with Crippen molar-refractivity contribution in [2.24, 2.45) is 0 Å². The molecule has 3 rings (SSSR count). The van der Waals surface area contributed by atoms with Gasteiger partial charge in [0.25, 0.3) is 11.6 Å². The second-order valence-electron chi connectivity index (χ2n) is 6.76. The number of rotatable bonds is 7. The van der Waals surface area contributed by atoms with E-state index < -0.39 is 10.8 Å². The maximum Gasteiger partial charge on any atom is 0.273 e. The first kappa shape index (κ1) is 20.7. The van der Waals surface area contributed by atoms with Crippen LogP contribution in [0.5, 0.6) is 0 Å². The highest BCUT2D eigenvalue weighted by atomic mass is 16.6. The van der Waals surface area contributed by atoms with E-state index in [2.05, 4.69) is 10.6 Å². The van der Waals surface area contributed by atoms with Crippen LogP contribution in [0.1, 0.15) is 33.1 Å². The fourth-order valence-electron chi connectivity index (χ4n) is 3.07. The van der Waals surface area contributed by atoms with Gasteiger partial charge >= 0.3 is 0 Å². The average Bonchev–Trinajstić information content (AvgIpc) is 2.77. The van der Waals surface area contributed by atoms with E-state index in [0.29, 0.717) is 5.56 Å². The highest BCUT2D eigenvalue weighted by Crippen LogP contribution is 2.22. The summed E-state index contributed by atoms with van der Waals surface area (Å²) in [5.41, 5.74) is 2.28. The first-order valence-electron chi connectivity index (χ1n) is 9.38. The molecule has 152 valence electrons. The summed E-state index contributed by atoms with van der Waals surface area (Å²) in [5, 5.41) is 16.5. The maximum atomic E-state index is 12.5. The van der Waals surface area contributed by atoms with Gasteiger partial charge in [-0.1, -0.05) is 66.7 Å². The monoisotopic (exact) mass is 403 g/mol. The van der Waals surface area contributed by atoms with Crippen LogP contribution in [0.3, 0.4) is 0 Å². The third-order valence-corrected chi connectivity index (χ3v) is 4.65. The fraction of sp³-hybridized carbons (Fsp3) is 0.130. The van der Waals surface area contributed by atoms with E-state index >= 15 is 0 Å². The maximum absolute atomic E-state index is 12.5. The number of nitrogens with zero attached hydrogens (tertiary/aromatic N) is 1. The zero-order valence-electron chi connectivity index (χ0n) is 16.4. The summed E-state index contributed by atoms with van der Waals surface area (Å²) in [6.07, 6.45) is 0. The highest BCUT2D eigenvalue weighted by molar-refractivity contribution is 5.97. The van der Waals surface area contributed by atoms with E-state index in [1.807, 2.05) is 60.7 Å². The van der Waals surface area contributed by atoms with Crippen molar-refractivity contribution in [3.8, 4) is 0 Å². The molecule has 3 aromatic rings. The van der Waals surface area contributed by atoms with E-state index in [0.717, 1.165) is 11.1 Å². The van der Waals surface area contributed by atoms with Crippen molar-refractivity contribution < 1.29 is 14.5 Å². The van der Waals surface area contributed by atoms with Crippen LogP contribution in [0.4, 0.5) is 5.69 Å². The van der Waals surface area contributed by atoms with Crippen molar-refractivity contribution in [3.05, 3.63) is 111 Å². The number of nitro benzene ring substituents is 1. The molecule has 7 heteroatoms. The zero-order valence-corrected chi connectivity index (χ0v) is 16.4. The van der Waals surface area contributed by atoms with Gasteiger partial charge in [0.2, 0.25) is 5.91 Å². The van der Waals surface area contributed by atoms with Crippen molar-refractivity contribution in [2.75, 3.05) is 6.54 Å². The summed E-state index contributed by atoms with van der Waals surface area (Å²) in [7, 11) is 0. The Balaban J connectivity index is 1.68. The molecule has 0 unspecified atom stereocenters. The van der Waals surface area contributed by atoms with Gasteiger partial charge < -0.3 is 10.6 Å². The molecule has 0 aromatic heterocycles. The van der Waals surface area contributed by atoms with E-state index in [1.54, 1.807) is 6.92 Å². The zero-order chi connectivity index (χ0) is 21.5. The van der Waals surface area contributed by atoms with Crippen LogP contribution in [0, 0.1) is 17.0 Å². The fourth-order valence-corrected chi connectivity index (χ4v) is 3.07. The Labute approximate surface area is 173 Å². The Morgan fingerprint density at radius 2 is 1.50 bits per heavy atom. The van der Waals surface area contributed by atoms with Crippen molar-refractivity contribution in [1.82, 2.24) is 10.6 Å². The molecule has 2 amide bonds. The average molecular weight is 403 g/mol. The minimum Gasteiger partial charge on any atom is -0.344 e. The lowest BCUT2D eigenvalue weighted by Crippen LogP contribution is -2.39. The number of aryl methyl sites for hydroxylation is 1. The topological polar surface area (TPSA) is 101 Å². The summed E-state index contributed by atoms with van der Waals surface area (Å²) < 4.78 is 0. The van der Waals surface area contributed by atoms with Crippen LogP contribution in [0.25, 0.3) is 0 Å². The van der Waals surface area contributed by atoms with Gasteiger partial charge in [-0.15, -0.1) is 0 Å². The van der Waals surface area contributed by atoms with Crippen LogP contribution in [-0.4, -0.2) is 23.3 Å². The van der Waals surface area contributed by atoms with Crippen LogP contribution >= 0.6 is 0 Å². The van der Waals surface area contributed by atoms with E-state index in [4.69, 9.17) is 0 Å². The summed E-state index contributed by atoms with van der Waals surface area (Å²) >= 11 is 0. The molecule has 0 spiro atoms. The number of benzene rings is 3. The third kappa shape index (κ3) is 5.08. The summed E-state index contributed by atoms with van der Waals surface area (Å²) in [4.78, 5) is 35.4. The molecule has 0 saturated heterocycles. The van der Waals surface area contributed by atoms with Gasteiger partial charge in [0.05, 0.1) is 17.5 Å². The number of hydrogen-bond acceptors (Lipinski definition) is 4. The van der Waals surface area contributed by atoms with Crippen LogP contribution in [-0.2, 0) is 4.79 Å². The number of amides is 2. The van der Waals surface area contributed by atoms with Crippen molar-refractivity contribution >= 4 is 17.5 Å². The van der Waals surface area contributed by atoms with Crippen molar-refractivity contribution in [2.45, 2.75) is 13.0 Å². The summed E-state index contributed by atoms with van der Waals surface area (Å²) in [6.45, 7) is 1.34. The lowest BCUT2D eigenvalue weighted by atomic mass is 9.99. The molecule has 0 aliphatic heterocycles. The van der Waals surface area contributed by atoms with E-state index in [9.17, 15) is 19.7 Å². The molecule has 0 heterocycles. The van der Waals surface area contributed by atoms with Gasteiger partial charge in [-0.3, -0.25) is 19.7 Å². The Morgan fingerprint density at radius 3 is 2.03 bits per heavy atom. The van der Waals surface area contributed by atoms with Crippen LogP contribution in [0.15, 0.2) is 78.9 Å². The van der Waals surface area contributed by atoms with Gasteiger partial charge in [0, 0.05) is 17.2 Å². The van der Waals surface area contributed by atoms with Gasteiger partial charge in [0.1, 0.15) is 0 Å². The first-order valence-corrected chi connectivity index (χ1v) is 9.38. The molecular weight excluding hydrogens is 382 g/mol. The highest BCUT2D eigenvalue weighted by Gasteiger charge is 2.18. The molecule has 30 heavy (non-hydrogen) atoms. The third-order valence-electron chi connectivity index (χ3n) is 4.65. The quantitative estimate of drug-likeness (QED) is 0.465. The minimum atomic E-state index is -0.552. The molecule has 3 aromatic carbocycles. The number of nitro groups is 1. The number of carbonyl (C=O) groups is 2. The summed E-state index contributed by atoms with van der Waals surface area (Å²) in [6, 6.07) is 22.9. The van der Waals surface area contributed by atoms with Gasteiger partial charge in [0.15, 0.2) is 0 Å². The number of hydrogen-bond donors (Lipinski definition) is 2. The van der Waals surface area contributed by atoms with E-state index in [1.165, 1.54) is 18.2 Å². The second-order valence-corrected chi connectivity index (χ2v) is 6.76. The predicted molar refractivity (Wildman–Crippen MR) is 113 cm³/mol. The minimum absolute atomic E-state index is 0.128. The summed E-state index contributed by atoms with van der Waals surface area (Å²) in [5.74, 6) is -0.924. The van der Waals surface area contributed by atoms with Gasteiger partial charge in [-0.25, -0.2) is 0 Å². The van der Waals surface area contributed by atoms with Crippen LogP contribution < -0.4 is 10.6 Å². The Kier molecular flexibility index (Phi) is 6.54. The van der Waals surface area contributed by atoms with Gasteiger partial charge in [-0.2, -0.15) is 0 Å². The van der Waals surface area contributed by atoms with Crippen molar-refractivity contribution in [1.29, 1.82) is 0 Å². The molecular formula is C23H21N3O4. The molecule has 2 N–H and O–H groups in total. The standard InChI is InChI=1S/C23H21N3O4/c1-16-12-13-19(14-20(16)26(29)30)23(28)24-15-21(27)25-22(17-8-4-2-5-9-17)18-10-6-3-7-11-18/h2-14,22H,15H2,1H3,(H,24,28)(H,25,27). The van der Waals surface area contributed by atoms with Crippen LogP contribution in [0.2, 0.25) is 0 Å². The molecule has 0 atom stereocenters. The molecule has 0 aliphatic rings. The Hall–Kier alpha value is -4.00. The van der Waals surface area contributed by atoms with Crippen molar-refractivity contribution in [3.63, 3.8) is 0 Å². The molecule has 0 bridgehead atoms. The smallest absolute Gasteiger partial charge is 0.273 e. The Morgan fingerprint density at radius 1 is 0.933 bits per heavy atom. The number of nitrogens with one attached hydrogen (secondary N) is 2. The Bertz CT molecular complexity index is 1010. The number of carbonyl (C=O) groups excluding carboxylic acids is 2. The lowest BCUT2D eigenvalue weighted by molar-refractivity contribution is -0.385. The molecule has 0 aliphatic carbocycles. The molecule has 0 fully saturated rings. The largest absolute Gasteiger partial charge is 0.344 e. The molecule has 7 nitrogen and oxygen atoms in total. The van der Waals surface area contributed by atoms with Gasteiger partial charge in [-0.05, 0) is 24.1 Å². The SMILES string of the molecule is Cc1ccc(C(=O)NCC(=O)NC(c2ccccc2)c2ccccc2)cc1[N+](=O)[O-]. The normalized spacial score (nSPS) is 10.5. The predicted octanol–water partition coefficient (Wildman–Crippen LogP) is 3.54. The molecule has 0 saturated carbocycles. The lowest BCUT2D eigenvalue weighted by Gasteiger charge is -2.20. The first-order chi connectivity index (χ1) is 14.5. The molecule has 0 radical (unpaired) electrons.